The van der Waals surface area contributed by atoms with Gasteiger partial charge in [0.05, 0.1) is 23.2 Å². The van der Waals surface area contributed by atoms with Gasteiger partial charge in [0.2, 0.25) is 11.8 Å². The summed E-state index contributed by atoms with van der Waals surface area (Å²) in [6.45, 7) is 7.26. The van der Waals surface area contributed by atoms with Crippen LogP contribution in [0.4, 0.5) is 17.3 Å². The zero-order valence-corrected chi connectivity index (χ0v) is 21.0. The van der Waals surface area contributed by atoms with Crippen LogP contribution in [0, 0.1) is 25.7 Å². The minimum absolute atomic E-state index is 0.0290. The molecule has 1 atom stereocenters. The van der Waals surface area contributed by atoms with Gasteiger partial charge in [-0.25, -0.2) is 15.0 Å². The SMILES string of the molecule is Cc1sc2ncnc(N3CCC(C(=O)Nc4ccc(N5CCCC(C(N)=O)C5)nc4)CC3)c2c1C. The second-order valence-electron chi connectivity index (χ2n) is 9.50. The highest BCUT2D eigenvalue weighted by Gasteiger charge is 2.28. The summed E-state index contributed by atoms with van der Waals surface area (Å²) in [5.74, 6) is 1.37. The average molecular weight is 494 g/mol. The minimum atomic E-state index is -0.255. The number of fused-ring (bicyclic) bond motifs is 1. The van der Waals surface area contributed by atoms with Crippen LogP contribution in [0.2, 0.25) is 0 Å². The number of primary amides is 1. The number of rotatable bonds is 5. The van der Waals surface area contributed by atoms with Crippen LogP contribution >= 0.6 is 11.3 Å². The second-order valence-corrected chi connectivity index (χ2v) is 10.7. The number of amides is 2. The summed E-state index contributed by atoms with van der Waals surface area (Å²) in [5.41, 5.74) is 7.42. The summed E-state index contributed by atoms with van der Waals surface area (Å²) in [6, 6.07) is 3.77. The number of piperidine rings is 2. The molecule has 184 valence electrons. The molecule has 2 saturated heterocycles. The fraction of sp³-hybridized carbons (Fsp3) is 0.480. The van der Waals surface area contributed by atoms with Gasteiger partial charge in [-0.15, -0.1) is 11.3 Å². The van der Waals surface area contributed by atoms with Crippen molar-refractivity contribution in [1.29, 1.82) is 0 Å². The predicted octanol–water partition coefficient (Wildman–Crippen LogP) is 3.26. The molecule has 3 aromatic heterocycles. The van der Waals surface area contributed by atoms with Crippen molar-refractivity contribution in [3.8, 4) is 0 Å². The number of carbonyl (C=O) groups excluding carboxylic acids is 2. The van der Waals surface area contributed by atoms with Crippen LogP contribution < -0.4 is 20.9 Å². The lowest BCUT2D eigenvalue weighted by atomic mass is 9.95. The van der Waals surface area contributed by atoms with Gasteiger partial charge >= 0.3 is 0 Å². The van der Waals surface area contributed by atoms with E-state index in [1.807, 2.05) is 12.1 Å². The molecular formula is C25H31N7O2S. The van der Waals surface area contributed by atoms with Gasteiger partial charge in [-0.3, -0.25) is 9.59 Å². The molecule has 0 aliphatic carbocycles. The first kappa shape index (κ1) is 23.5. The molecule has 0 saturated carbocycles. The van der Waals surface area contributed by atoms with Crippen LogP contribution in [0.5, 0.6) is 0 Å². The van der Waals surface area contributed by atoms with E-state index in [0.717, 1.165) is 67.2 Å². The molecule has 10 heteroatoms. The Labute approximate surface area is 208 Å². The van der Waals surface area contributed by atoms with Crippen molar-refractivity contribution in [2.24, 2.45) is 17.6 Å². The highest BCUT2D eigenvalue weighted by molar-refractivity contribution is 7.18. The first-order chi connectivity index (χ1) is 16.9. The van der Waals surface area contributed by atoms with E-state index in [-0.39, 0.29) is 23.7 Å². The van der Waals surface area contributed by atoms with E-state index < -0.39 is 0 Å². The number of thiophene rings is 1. The van der Waals surface area contributed by atoms with E-state index >= 15 is 0 Å². The van der Waals surface area contributed by atoms with Gasteiger partial charge in [-0.05, 0) is 57.2 Å². The normalized spacial score (nSPS) is 19.2. The van der Waals surface area contributed by atoms with Crippen molar-refractivity contribution in [3.05, 3.63) is 35.1 Å². The highest BCUT2D eigenvalue weighted by Crippen LogP contribution is 2.35. The van der Waals surface area contributed by atoms with Crippen LogP contribution in [0.3, 0.4) is 0 Å². The van der Waals surface area contributed by atoms with Gasteiger partial charge in [-0.2, -0.15) is 0 Å². The molecule has 0 aromatic carbocycles. The molecule has 35 heavy (non-hydrogen) atoms. The lowest BCUT2D eigenvalue weighted by molar-refractivity contribution is -0.122. The topological polar surface area (TPSA) is 117 Å². The monoisotopic (exact) mass is 493 g/mol. The Balaban J connectivity index is 1.18. The zero-order chi connectivity index (χ0) is 24.5. The molecule has 0 radical (unpaired) electrons. The van der Waals surface area contributed by atoms with Gasteiger partial charge in [0, 0.05) is 37.0 Å². The van der Waals surface area contributed by atoms with Crippen molar-refractivity contribution in [1.82, 2.24) is 15.0 Å². The Hall–Kier alpha value is -3.27. The quantitative estimate of drug-likeness (QED) is 0.560. The summed E-state index contributed by atoms with van der Waals surface area (Å²) < 4.78 is 0. The smallest absolute Gasteiger partial charge is 0.227 e. The second kappa shape index (κ2) is 9.77. The van der Waals surface area contributed by atoms with Crippen molar-refractivity contribution in [2.75, 3.05) is 41.3 Å². The van der Waals surface area contributed by atoms with E-state index in [1.54, 1.807) is 23.9 Å². The first-order valence-corrected chi connectivity index (χ1v) is 13.0. The molecule has 2 aliphatic rings. The molecular weight excluding hydrogens is 462 g/mol. The van der Waals surface area contributed by atoms with E-state index in [4.69, 9.17) is 5.73 Å². The molecule has 2 aliphatic heterocycles. The molecule has 0 bridgehead atoms. The predicted molar refractivity (Wildman–Crippen MR) is 139 cm³/mol. The number of hydrogen-bond donors (Lipinski definition) is 2. The number of aryl methyl sites for hydroxylation is 2. The molecule has 3 aromatic rings. The summed E-state index contributed by atoms with van der Waals surface area (Å²) in [6.07, 6.45) is 6.61. The fourth-order valence-corrected chi connectivity index (χ4v) is 6.06. The Kier molecular flexibility index (Phi) is 6.55. The standard InChI is InChI=1S/C25H31N7O2S/c1-15-16(2)35-25-21(15)23(28-14-29-25)31-10-7-17(8-11-31)24(34)30-19-5-6-20(27-12-19)32-9-3-4-18(13-32)22(26)33/h5-6,12,14,17-18H,3-4,7-11,13H2,1-2H3,(H2,26,33)(H,30,34). The van der Waals surface area contributed by atoms with Gasteiger partial charge in [-0.1, -0.05) is 0 Å². The Morgan fingerprint density at radius 2 is 1.83 bits per heavy atom. The van der Waals surface area contributed by atoms with Crippen molar-refractivity contribution < 1.29 is 9.59 Å². The Morgan fingerprint density at radius 1 is 1.03 bits per heavy atom. The molecule has 0 spiro atoms. The summed E-state index contributed by atoms with van der Waals surface area (Å²) in [4.78, 5) is 44.7. The summed E-state index contributed by atoms with van der Waals surface area (Å²) >= 11 is 1.70. The minimum Gasteiger partial charge on any atom is -0.369 e. The Morgan fingerprint density at radius 3 is 2.54 bits per heavy atom. The van der Waals surface area contributed by atoms with E-state index in [9.17, 15) is 9.59 Å². The van der Waals surface area contributed by atoms with E-state index in [2.05, 4.69) is 43.9 Å². The fourth-order valence-electron chi connectivity index (χ4n) is 5.07. The molecule has 9 nitrogen and oxygen atoms in total. The van der Waals surface area contributed by atoms with Gasteiger partial charge in [0.1, 0.15) is 22.8 Å². The van der Waals surface area contributed by atoms with Crippen molar-refractivity contribution in [3.63, 3.8) is 0 Å². The molecule has 1 unspecified atom stereocenters. The third kappa shape index (κ3) is 4.80. The highest BCUT2D eigenvalue weighted by atomic mass is 32.1. The van der Waals surface area contributed by atoms with Gasteiger partial charge in [0.25, 0.3) is 0 Å². The maximum atomic E-state index is 12.9. The maximum absolute atomic E-state index is 12.9. The van der Waals surface area contributed by atoms with Crippen molar-refractivity contribution >= 4 is 50.7 Å². The van der Waals surface area contributed by atoms with Crippen LogP contribution in [0.25, 0.3) is 10.2 Å². The number of nitrogens with one attached hydrogen (secondary N) is 1. The van der Waals surface area contributed by atoms with Crippen LogP contribution in [-0.2, 0) is 9.59 Å². The third-order valence-corrected chi connectivity index (χ3v) is 8.39. The van der Waals surface area contributed by atoms with Gasteiger partial charge < -0.3 is 20.9 Å². The number of aromatic nitrogens is 3. The number of anilines is 3. The largest absolute Gasteiger partial charge is 0.369 e. The molecule has 2 amide bonds. The summed E-state index contributed by atoms with van der Waals surface area (Å²) in [7, 11) is 0. The lowest BCUT2D eigenvalue weighted by Crippen LogP contribution is -2.41. The molecule has 3 N–H and O–H groups in total. The van der Waals surface area contributed by atoms with E-state index in [0.29, 0.717) is 12.2 Å². The number of hydrogen-bond acceptors (Lipinski definition) is 8. The summed E-state index contributed by atoms with van der Waals surface area (Å²) in [5, 5.41) is 4.17. The first-order valence-electron chi connectivity index (χ1n) is 12.2. The number of nitrogens with two attached hydrogens (primary N) is 1. The molecule has 5 rings (SSSR count). The third-order valence-electron chi connectivity index (χ3n) is 7.27. The van der Waals surface area contributed by atoms with Crippen LogP contribution in [-0.4, -0.2) is 52.9 Å². The van der Waals surface area contributed by atoms with Crippen LogP contribution in [0.15, 0.2) is 24.7 Å². The zero-order valence-electron chi connectivity index (χ0n) is 20.2. The number of carbonyl (C=O) groups is 2. The Bertz CT molecular complexity index is 1230. The molecule has 5 heterocycles. The van der Waals surface area contributed by atoms with Gasteiger partial charge in [0.15, 0.2) is 0 Å². The van der Waals surface area contributed by atoms with Crippen LogP contribution in [0.1, 0.15) is 36.1 Å². The maximum Gasteiger partial charge on any atom is 0.227 e. The number of nitrogens with zero attached hydrogens (tertiary/aromatic N) is 5. The lowest BCUT2D eigenvalue weighted by Gasteiger charge is -2.33. The average Bonchev–Trinajstić information content (AvgIpc) is 3.18. The van der Waals surface area contributed by atoms with E-state index in [1.165, 1.54) is 10.4 Å². The molecule has 2 fully saturated rings. The van der Waals surface area contributed by atoms with Crippen molar-refractivity contribution in [2.45, 2.75) is 39.5 Å². The number of pyridine rings is 1.